The van der Waals surface area contributed by atoms with E-state index in [0.717, 1.165) is 6.42 Å². The van der Waals surface area contributed by atoms with Crippen LogP contribution in [0.3, 0.4) is 0 Å². The molecule has 0 amide bonds. The Hall–Kier alpha value is -1.10. The number of carboxylic acids is 2. The highest BCUT2D eigenvalue weighted by molar-refractivity contribution is 5.73. The molecule has 13 heavy (non-hydrogen) atoms. The van der Waals surface area contributed by atoms with Gasteiger partial charge in [0.15, 0.2) is 0 Å². The van der Waals surface area contributed by atoms with Gasteiger partial charge in [-0.05, 0) is 6.42 Å². The normalized spacial score (nSPS) is 12.4. The van der Waals surface area contributed by atoms with Crippen LogP contribution in [0.1, 0.15) is 26.2 Å². The van der Waals surface area contributed by atoms with Crippen LogP contribution >= 0.6 is 0 Å². The fourth-order valence-electron chi connectivity index (χ4n) is 0.955. The Bertz CT molecular complexity index is 181. The number of aliphatic carboxylic acids is 2. The number of rotatable bonds is 7. The van der Waals surface area contributed by atoms with Crippen molar-refractivity contribution >= 4 is 11.9 Å². The molecule has 0 spiro atoms. The second kappa shape index (κ2) is 6.42. The van der Waals surface area contributed by atoms with E-state index in [1.54, 1.807) is 0 Å². The number of carboxylic acid groups (broad SMARTS) is 2. The predicted octanol–water partition coefficient (Wildman–Crippen LogP) is 0.304. The van der Waals surface area contributed by atoms with Gasteiger partial charge in [-0.2, -0.15) is 0 Å². The van der Waals surface area contributed by atoms with Crippen molar-refractivity contribution in [3.8, 4) is 0 Å². The molecular weight excluding hydrogens is 174 g/mol. The average Bonchev–Trinajstić information content (AvgIpc) is 2.02. The molecule has 3 N–H and O–H groups in total. The third kappa shape index (κ3) is 6.10. The van der Waals surface area contributed by atoms with Crippen molar-refractivity contribution in [3.05, 3.63) is 0 Å². The minimum Gasteiger partial charge on any atom is -0.481 e. The lowest BCUT2D eigenvalue weighted by Crippen LogP contribution is -2.37. The third-order valence-electron chi connectivity index (χ3n) is 1.61. The van der Waals surface area contributed by atoms with E-state index < -0.39 is 18.0 Å². The highest BCUT2D eigenvalue weighted by atomic mass is 16.4. The van der Waals surface area contributed by atoms with E-state index in [2.05, 4.69) is 5.32 Å². The number of nitrogens with one attached hydrogen (secondary N) is 1. The van der Waals surface area contributed by atoms with E-state index in [4.69, 9.17) is 10.2 Å². The predicted molar refractivity (Wildman–Crippen MR) is 46.6 cm³/mol. The van der Waals surface area contributed by atoms with Gasteiger partial charge in [0.05, 0.1) is 6.42 Å². The zero-order valence-electron chi connectivity index (χ0n) is 7.62. The molecule has 5 nitrogen and oxygen atoms in total. The van der Waals surface area contributed by atoms with Gasteiger partial charge in [0.1, 0.15) is 6.04 Å². The number of hydrogen-bond donors (Lipinski definition) is 3. The minimum absolute atomic E-state index is 0.0481. The lowest BCUT2D eigenvalue weighted by atomic mass is 10.1. The monoisotopic (exact) mass is 189 g/mol. The van der Waals surface area contributed by atoms with E-state index in [1.807, 2.05) is 6.92 Å². The van der Waals surface area contributed by atoms with E-state index in [9.17, 15) is 9.59 Å². The molecule has 0 fully saturated rings. The largest absolute Gasteiger partial charge is 0.481 e. The minimum atomic E-state index is -0.924. The summed E-state index contributed by atoms with van der Waals surface area (Å²) in [6, 6.07) is -0.621. The SMILES string of the molecule is CCC[C@H](NCCC(=O)O)C(=O)O. The van der Waals surface area contributed by atoms with Gasteiger partial charge >= 0.3 is 11.9 Å². The van der Waals surface area contributed by atoms with E-state index >= 15 is 0 Å². The lowest BCUT2D eigenvalue weighted by Gasteiger charge is -2.11. The average molecular weight is 189 g/mol. The van der Waals surface area contributed by atoms with Gasteiger partial charge in [-0.1, -0.05) is 13.3 Å². The molecule has 1 atom stereocenters. The summed E-state index contributed by atoms with van der Waals surface area (Å²) in [5.41, 5.74) is 0. The molecule has 0 bridgehead atoms. The summed E-state index contributed by atoms with van der Waals surface area (Å²) >= 11 is 0. The van der Waals surface area contributed by atoms with Crippen LogP contribution in [0.25, 0.3) is 0 Å². The molecule has 0 heterocycles. The van der Waals surface area contributed by atoms with E-state index in [-0.39, 0.29) is 13.0 Å². The molecule has 76 valence electrons. The van der Waals surface area contributed by atoms with Crippen LogP contribution < -0.4 is 5.32 Å². The van der Waals surface area contributed by atoms with Crippen LogP contribution in [0.15, 0.2) is 0 Å². The maximum atomic E-state index is 10.6. The summed E-state index contributed by atoms with van der Waals surface area (Å²) < 4.78 is 0. The molecule has 0 aromatic heterocycles. The first-order valence-electron chi connectivity index (χ1n) is 4.26. The fraction of sp³-hybridized carbons (Fsp3) is 0.750. The Balaban J connectivity index is 3.69. The Kier molecular flexibility index (Phi) is 5.88. The molecule has 0 saturated heterocycles. The van der Waals surface area contributed by atoms with Crippen molar-refractivity contribution in [2.24, 2.45) is 0 Å². The first kappa shape index (κ1) is 11.9. The van der Waals surface area contributed by atoms with Gasteiger partial charge in [0, 0.05) is 6.54 Å². The second-order valence-electron chi connectivity index (χ2n) is 2.78. The molecule has 0 rings (SSSR count). The maximum absolute atomic E-state index is 10.6. The van der Waals surface area contributed by atoms with Crippen LogP contribution in [0.5, 0.6) is 0 Å². The quantitative estimate of drug-likeness (QED) is 0.536. The molecule has 0 aliphatic rings. The summed E-state index contributed by atoms with van der Waals surface area (Å²) in [4.78, 5) is 20.7. The summed E-state index contributed by atoms with van der Waals surface area (Å²) in [5.74, 6) is -1.85. The molecule has 0 aromatic carbocycles. The van der Waals surface area contributed by atoms with Crippen LogP contribution in [0.4, 0.5) is 0 Å². The molecule has 0 aliphatic carbocycles. The third-order valence-corrected chi connectivity index (χ3v) is 1.61. The van der Waals surface area contributed by atoms with E-state index in [0.29, 0.717) is 6.42 Å². The summed E-state index contributed by atoms with van der Waals surface area (Å²) in [7, 11) is 0. The van der Waals surface area contributed by atoms with Crippen molar-refractivity contribution in [3.63, 3.8) is 0 Å². The summed E-state index contributed by atoms with van der Waals surface area (Å²) in [6.45, 7) is 2.08. The van der Waals surface area contributed by atoms with Crippen molar-refractivity contribution < 1.29 is 19.8 Å². The first-order valence-corrected chi connectivity index (χ1v) is 4.26. The molecular formula is C8H15NO4. The highest BCUT2D eigenvalue weighted by Crippen LogP contribution is 1.96. The smallest absolute Gasteiger partial charge is 0.320 e. The van der Waals surface area contributed by atoms with Crippen LogP contribution in [0, 0.1) is 0 Å². The van der Waals surface area contributed by atoms with Crippen molar-refractivity contribution in [1.29, 1.82) is 0 Å². The maximum Gasteiger partial charge on any atom is 0.320 e. The van der Waals surface area contributed by atoms with Crippen molar-refractivity contribution in [2.75, 3.05) is 6.54 Å². The van der Waals surface area contributed by atoms with Gasteiger partial charge < -0.3 is 15.5 Å². The number of carbonyl (C=O) groups is 2. The van der Waals surface area contributed by atoms with Gasteiger partial charge in [-0.25, -0.2) is 0 Å². The second-order valence-corrected chi connectivity index (χ2v) is 2.78. The Labute approximate surface area is 76.8 Å². The van der Waals surface area contributed by atoms with E-state index in [1.165, 1.54) is 0 Å². The molecule has 5 heteroatoms. The Morgan fingerprint density at radius 3 is 2.38 bits per heavy atom. The van der Waals surface area contributed by atoms with Crippen LogP contribution in [0.2, 0.25) is 0 Å². The highest BCUT2D eigenvalue weighted by Gasteiger charge is 2.14. The van der Waals surface area contributed by atoms with Gasteiger partial charge in [-0.3, -0.25) is 9.59 Å². The Morgan fingerprint density at radius 2 is 2.00 bits per heavy atom. The molecule has 0 radical (unpaired) electrons. The van der Waals surface area contributed by atoms with Gasteiger partial charge in [0.2, 0.25) is 0 Å². The van der Waals surface area contributed by atoms with Gasteiger partial charge in [0.25, 0.3) is 0 Å². The summed E-state index contributed by atoms with van der Waals surface area (Å²) in [6.07, 6.45) is 1.24. The number of hydrogen-bond acceptors (Lipinski definition) is 3. The zero-order chi connectivity index (χ0) is 10.3. The molecule has 0 aromatic rings. The van der Waals surface area contributed by atoms with Gasteiger partial charge in [-0.15, -0.1) is 0 Å². The fourth-order valence-corrected chi connectivity index (χ4v) is 0.955. The Morgan fingerprint density at radius 1 is 1.38 bits per heavy atom. The van der Waals surface area contributed by atoms with Crippen LogP contribution in [-0.2, 0) is 9.59 Å². The lowest BCUT2D eigenvalue weighted by molar-refractivity contribution is -0.141. The standard InChI is InChI=1S/C8H15NO4/c1-2-3-6(8(12)13)9-5-4-7(10)11/h6,9H,2-5H2,1H3,(H,10,11)(H,12,13)/t6-/m0/s1. The zero-order valence-corrected chi connectivity index (χ0v) is 7.62. The topological polar surface area (TPSA) is 86.6 Å². The molecule has 0 unspecified atom stereocenters. The van der Waals surface area contributed by atoms with Crippen molar-refractivity contribution in [1.82, 2.24) is 5.32 Å². The van der Waals surface area contributed by atoms with Crippen LogP contribution in [-0.4, -0.2) is 34.7 Å². The van der Waals surface area contributed by atoms with Crippen molar-refractivity contribution in [2.45, 2.75) is 32.2 Å². The molecule has 0 aliphatic heterocycles. The molecule has 0 saturated carbocycles. The first-order chi connectivity index (χ1) is 6.07. The summed E-state index contributed by atoms with van der Waals surface area (Å²) in [5, 5.41) is 19.6.